The number of fused-ring (bicyclic) bond motifs is 1. The molecule has 4 N–H and O–H groups in total. The van der Waals surface area contributed by atoms with Crippen molar-refractivity contribution in [3.63, 3.8) is 0 Å². The van der Waals surface area contributed by atoms with Crippen LogP contribution < -0.4 is 26.6 Å². The maximum atomic E-state index is 13.2. The molecule has 2 amide bonds. The molecule has 0 bridgehead atoms. The number of imidazole rings is 1. The minimum absolute atomic E-state index is 0.107. The number of rotatable bonds is 7. The number of hydrogen-bond donors (Lipinski definition) is 4. The summed E-state index contributed by atoms with van der Waals surface area (Å²) in [5.74, 6) is 0. The van der Waals surface area contributed by atoms with E-state index >= 15 is 0 Å². The molecule has 3 aromatic heterocycles. The molecule has 5 rings (SSSR count). The average molecular weight is 586 g/mol. The summed E-state index contributed by atoms with van der Waals surface area (Å²) in [5.41, 5.74) is 1.25. The Labute approximate surface area is 230 Å². The van der Waals surface area contributed by atoms with Gasteiger partial charge in [0, 0.05) is 24.6 Å². The van der Waals surface area contributed by atoms with Crippen molar-refractivity contribution in [3.8, 4) is 5.69 Å². The van der Waals surface area contributed by atoms with Crippen molar-refractivity contribution in [2.24, 2.45) is 7.05 Å². The number of aryl methyl sites for hydroxylation is 1. The molecule has 2 aromatic carbocycles. The van der Waals surface area contributed by atoms with E-state index in [1.807, 2.05) is 22.5 Å². The normalized spacial score (nSPS) is 11.4. The second kappa shape index (κ2) is 10.4. The fourth-order valence-corrected chi connectivity index (χ4v) is 6.17. The summed E-state index contributed by atoms with van der Waals surface area (Å²) in [6.45, 7) is 0.473. The van der Waals surface area contributed by atoms with Crippen LogP contribution in [-0.2, 0) is 23.6 Å². The molecule has 0 radical (unpaired) electrons. The van der Waals surface area contributed by atoms with Crippen molar-refractivity contribution >= 4 is 61.3 Å². The van der Waals surface area contributed by atoms with Gasteiger partial charge in [-0.3, -0.25) is 4.79 Å². The third-order valence-corrected chi connectivity index (χ3v) is 8.61. The Morgan fingerprint density at radius 3 is 2.49 bits per heavy atom. The molecule has 0 spiro atoms. The second-order valence-electron chi connectivity index (χ2n) is 8.38. The van der Waals surface area contributed by atoms with E-state index in [1.165, 1.54) is 36.4 Å². The zero-order chi connectivity index (χ0) is 27.7. The number of nitrogens with zero attached hydrogens (tertiary/aromatic N) is 3. The molecule has 5 aromatic rings. The minimum Gasteiger partial charge on any atom is -0.379 e. The highest BCUT2D eigenvalue weighted by Gasteiger charge is 2.20. The highest BCUT2D eigenvalue weighted by atomic mass is 35.5. The smallest absolute Gasteiger partial charge is 0.333 e. The number of H-pyrrole nitrogens is 1. The van der Waals surface area contributed by atoms with Crippen LogP contribution in [0.15, 0.2) is 80.9 Å². The zero-order valence-corrected chi connectivity index (χ0v) is 22.5. The maximum Gasteiger partial charge on any atom is 0.333 e. The van der Waals surface area contributed by atoms with Gasteiger partial charge in [-0.25, -0.2) is 32.3 Å². The molecule has 39 heavy (non-hydrogen) atoms. The molecular formula is C24H20ClN7O5S2. The number of nitrogens with one attached hydrogen (secondary N) is 4. The number of aromatic nitrogens is 4. The van der Waals surface area contributed by atoms with E-state index in [-0.39, 0.29) is 19.9 Å². The molecular weight excluding hydrogens is 566 g/mol. The van der Waals surface area contributed by atoms with Crippen molar-refractivity contribution < 1.29 is 13.2 Å². The Balaban J connectivity index is 1.32. The molecule has 0 atom stereocenters. The largest absolute Gasteiger partial charge is 0.379 e. The number of amides is 2. The predicted molar refractivity (Wildman–Crippen MR) is 149 cm³/mol. The fraction of sp³-hybridized carbons (Fsp3) is 0.0833. The first-order valence-electron chi connectivity index (χ1n) is 11.3. The highest BCUT2D eigenvalue weighted by molar-refractivity contribution is 7.92. The highest BCUT2D eigenvalue weighted by Crippen LogP contribution is 2.25. The lowest BCUT2D eigenvalue weighted by molar-refractivity contribution is 0.256. The van der Waals surface area contributed by atoms with Gasteiger partial charge >= 0.3 is 11.7 Å². The predicted octanol–water partition coefficient (Wildman–Crippen LogP) is 3.25. The molecule has 0 unspecified atom stereocenters. The number of aromatic amines is 1. The van der Waals surface area contributed by atoms with Gasteiger partial charge in [-0.2, -0.15) is 0 Å². The average Bonchev–Trinajstić information content (AvgIpc) is 3.51. The van der Waals surface area contributed by atoms with Crippen molar-refractivity contribution in [1.29, 1.82) is 0 Å². The molecule has 200 valence electrons. The van der Waals surface area contributed by atoms with Gasteiger partial charge in [-0.05, 0) is 54.6 Å². The van der Waals surface area contributed by atoms with Crippen molar-refractivity contribution in [2.75, 3.05) is 10.6 Å². The Bertz CT molecular complexity index is 1920. The van der Waals surface area contributed by atoms with E-state index in [0.29, 0.717) is 23.1 Å². The third-order valence-electron chi connectivity index (χ3n) is 5.55. The fourth-order valence-electron chi connectivity index (χ4n) is 3.78. The first kappa shape index (κ1) is 26.2. The Kier molecular flexibility index (Phi) is 6.99. The Morgan fingerprint density at radius 1 is 1.08 bits per heavy atom. The number of halogens is 1. The molecule has 0 saturated heterocycles. The summed E-state index contributed by atoms with van der Waals surface area (Å²) in [6.07, 6.45) is 3.58. The number of carbonyl (C=O) groups excluding carboxylic acids is 1. The van der Waals surface area contributed by atoms with E-state index < -0.39 is 27.3 Å². The van der Waals surface area contributed by atoms with Gasteiger partial charge in [-0.1, -0.05) is 11.6 Å². The molecule has 0 saturated carbocycles. The van der Waals surface area contributed by atoms with E-state index in [2.05, 4.69) is 20.6 Å². The standard InChI is InChI=1S/C24H20ClN7O5S2/c1-31-12-16(27-13-31)11-26-15-4-7-18-19(10-15)29-24(35)32(22(18)33)17-5-2-14(3-6-17)28-23(34)30-39(36,37)21-9-8-20(25)38-21/h2-10,12-13,26H,11H2,1H3,(H,29,35)(H2,28,30,34). The third kappa shape index (κ3) is 5.72. The minimum atomic E-state index is -4.09. The summed E-state index contributed by atoms with van der Waals surface area (Å²) < 4.78 is 29.4. The SMILES string of the molecule is Cn1cnc(CNc2ccc3c(=O)n(-c4ccc(NC(=O)NS(=O)(=O)c5ccc(Cl)s5)cc4)c(=O)[nH]c3c2)c1. The number of hydrogen-bond acceptors (Lipinski definition) is 8. The van der Waals surface area contributed by atoms with Crippen LogP contribution in [0.2, 0.25) is 4.34 Å². The molecule has 15 heteroatoms. The number of thiophene rings is 1. The summed E-state index contributed by atoms with van der Waals surface area (Å²) in [5, 5.41) is 5.91. The lowest BCUT2D eigenvalue weighted by Gasteiger charge is -2.10. The van der Waals surface area contributed by atoms with Crippen LogP contribution in [0.1, 0.15) is 5.69 Å². The number of urea groups is 1. The quantitative estimate of drug-likeness (QED) is 0.228. The number of sulfonamides is 1. The number of anilines is 2. The molecule has 0 fully saturated rings. The molecule has 0 aliphatic heterocycles. The topological polar surface area (TPSA) is 160 Å². The monoisotopic (exact) mass is 585 g/mol. The summed E-state index contributed by atoms with van der Waals surface area (Å²) in [7, 11) is -2.21. The second-order valence-corrected chi connectivity index (χ2v) is 12.0. The van der Waals surface area contributed by atoms with Crippen LogP contribution in [0.4, 0.5) is 16.2 Å². The van der Waals surface area contributed by atoms with Crippen molar-refractivity contribution in [1.82, 2.24) is 23.8 Å². The Hall–Kier alpha value is -4.40. The van der Waals surface area contributed by atoms with Crippen LogP contribution in [0.5, 0.6) is 0 Å². The van der Waals surface area contributed by atoms with Gasteiger partial charge in [-0.15, -0.1) is 11.3 Å². The maximum absolute atomic E-state index is 13.2. The van der Waals surface area contributed by atoms with E-state index in [0.717, 1.165) is 21.6 Å². The van der Waals surface area contributed by atoms with Crippen LogP contribution in [-0.4, -0.2) is 33.6 Å². The lowest BCUT2D eigenvalue weighted by atomic mass is 10.2. The van der Waals surface area contributed by atoms with E-state index in [9.17, 15) is 22.8 Å². The summed E-state index contributed by atoms with van der Waals surface area (Å²) in [6, 6.07) is 12.5. The number of carbonyl (C=O) groups is 1. The van der Waals surface area contributed by atoms with Gasteiger partial charge in [0.25, 0.3) is 15.6 Å². The van der Waals surface area contributed by atoms with Gasteiger partial charge in [0.15, 0.2) is 0 Å². The summed E-state index contributed by atoms with van der Waals surface area (Å²) in [4.78, 5) is 45.2. The van der Waals surface area contributed by atoms with Gasteiger partial charge in [0.2, 0.25) is 0 Å². The van der Waals surface area contributed by atoms with Gasteiger partial charge in [0.05, 0.1) is 39.5 Å². The first-order chi connectivity index (χ1) is 18.6. The van der Waals surface area contributed by atoms with E-state index in [4.69, 9.17) is 11.6 Å². The zero-order valence-electron chi connectivity index (χ0n) is 20.1. The molecule has 3 heterocycles. The lowest BCUT2D eigenvalue weighted by Crippen LogP contribution is -2.34. The summed E-state index contributed by atoms with van der Waals surface area (Å²) >= 11 is 6.58. The molecule has 0 aliphatic rings. The van der Waals surface area contributed by atoms with Crippen LogP contribution >= 0.6 is 22.9 Å². The van der Waals surface area contributed by atoms with Gasteiger partial charge in [0.1, 0.15) is 4.21 Å². The van der Waals surface area contributed by atoms with Crippen LogP contribution in [0.25, 0.3) is 16.6 Å². The van der Waals surface area contributed by atoms with E-state index in [1.54, 1.807) is 24.5 Å². The number of benzene rings is 2. The van der Waals surface area contributed by atoms with Crippen LogP contribution in [0, 0.1) is 0 Å². The van der Waals surface area contributed by atoms with Crippen molar-refractivity contribution in [2.45, 2.75) is 10.8 Å². The van der Waals surface area contributed by atoms with Crippen molar-refractivity contribution in [3.05, 3.63) is 98.0 Å². The Morgan fingerprint density at radius 2 is 1.82 bits per heavy atom. The van der Waals surface area contributed by atoms with Crippen LogP contribution in [0.3, 0.4) is 0 Å². The van der Waals surface area contributed by atoms with Gasteiger partial charge < -0.3 is 20.2 Å². The molecule has 0 aliphatic carbocycles. The first-order valence-corrected chi connectivity index (χ1v) is 14.0. The molecule has 12 nitrogen and oxygen atoms in total.